The van der Waals surface area contributed by atoms with E-state index in [0.717, 1.165) is 32.4 Å². The maximum Gasteiger partial charge on any atom is 0.348 e. The van der Waals surface area contributed by atoms with Crippen LogP contribution in [-0.2, 0) is 9.53 Å². The predicted octanol–water partition coefficient (Wildman–Crippen LogP) is 2.03. The minimum Gasteiger partial charge on any atom is -0.475 e. The first-order valence-corrected chi connectivity index (χ1v) is 7.60. The molecule has 1 atom stereocenters. The quantitative estimate of drug-likeness (QED) is 0.745. The summed E-state index contributed by atoms with van der Waals surface area (Å²) < 4.78 is 10.4. The lowest BCUT2D eigenvalue weighted by Gasteiger charge is -2.37. The fraction of sp³-hybridized carbons (Fsp3) is 0.500. The SMILES string of the molecule is COC(=O)C1CN(C(=O)N2CCCCC2)c2ccccc2O1. The van der Waals surface area contributed by atoms with E-state index in [1.165, 1.54) is 7.11 Å². The number of methoxy groups -OCH3 is 1. The number of esters is 1. The van der Waals surface area contributed by atoms with Gasteiger partial charge in [0.25, 0.3) is 0 Å². The Balaban J connectivity index is 1.87. The number of para-hydroxylation sites is 2. The molecule has 6 nitrogen and oxygen atoms in total. The first-order chi connectivity index (χ1) is 10.7. The van der Waals surface area contributed by atoms with E-state index in [1.807, 2.05) is 23.1 Å². The fourth-order valence-electron chi connectivity index (χ4n) is 2.93. The van der Waals surface area contributed by atoms with Crippen LogP contribution < -0.4 is 9.64 Å². The summed E-state index contributed by atoms with van der Waals surface area (Å²) in [4.78, 5) is 28.1. The number of nitrogens with zero attached hydrogens (tertiary/aromatic N) is 2. The molecule has 0 N–H and O–H groups in total. The van der Waals surface area contributed by atoms with E-state index in [-0.39, 0.29) is 12.6 Å². The lowest BCUT2D eigenvalue weighted by Crippen LogP contribution is -2.52. The zero-order valence-electron chi connectivity index (χ0n) is 12.7. The number of carbonyl (C=O) groups is 2. The highest BCUT2D eigenvalue weighted by molar-refractivity contribution is 5.95. The molecule has 0 radical (unpaired) electrons. The van der Waals surface area contributed by atoms with Gasteiger partial charge in [-0.3, -0.25) is 4.90 Å². The van der Waals surface area contributed by atoms with E-state index in [0.29, 0.717) is 11.4 Å². The number of fused-ring (bicyclic) bond motifs is 1. The summed E-state index contributed by atoms with van der Waals surface area (Å²) in [7, 11) is 1.32. The molecular formula is C16H20N2O4. The molecule has 1 saturated heterocycles. The number of likely N-dealkylation sites (tertiary alicyclic amines) is 1. The Kier molecular flexibility index (Phi) is 4.18. The molecule has 1 aromatic rings. The van der Waals surface area contributed by atoms with Gasteiger partial charge in [-0.1, -0.05) is 12.1 Å². The third-order valence-electron chi connectivity index (χ3n) is 4.10. The first-order valence-electron chi connectivity index (χ1n) is 7.60. The van der Waals surface area contributed by atoms with Crippen molar-refractivity contribution in [2.24, 2.45) is 0 Å². The highest BCUT2D eigenvalue weighted by atomic mass is 16.6. The maximum atomic E-state index is 12.8. The highest BCUT2D eigenvalue weighted by Gasteiger charge is 2.36. The minimum absolute atomic E-state index is 0.0654. The molecule has 2 aliphatic heterocycles. The van der Waals surface area contributed by atoms with Crippen LogP contribution in [0.5, 0.6) is 5.75 Å². The number of amides is 2. The van der Waals surface area contributed by atoms with Crippen molar-refractivity contribution in [3.05, 3.63) is 24.3 Å². The molecule has 1 aromatic carbocycles. The van der Waals surface area contributed by atoms with Crippen molar-refractivity contribution in [2.75, 3.05) is 31.6 Å². The minimum atomic E-state index is -0.784. The highest BCUT2D eigenvalue weighted by Crippen LogP contribution is 2.34. The number of anilines is 1. The average molecular weight is 304 g/mol. The van der Waals surface area contributed by atoms with Crippen molar-refractivity contribution in [2.45, 2.75) is 25.4 Å². The van der Waals surface area contributed by atoms with Gasteiger partial charge in [0.05, 0.1) is 19.3 Å². The van der Waals surface area contributed by atoms with Crippen LogP contribution in [0.25, 0.3) is 0 Å². The molecule has 0 spiro atoms. The fourth-order valence-corrected chi connectivity index (χ4v) is 2.93. The summed E-state index contributed by atoms with van der Waals surface area (Å²) >= 11 is 0. The predicted molar refractivity (Wildman–Crippen MR) is 81.0 cm³/mol. The van der Waals surface area contributed by atoms with Gasteiger partial charge in [0.1, 0.15) is 5.75 Å². The zero-order valence-corrected chi connectivity index (χ0v) is 12.7. The van der Waals surface area contributed by atoms with Crippen molar-refractivity contribution in [1.29, 1.82) is 0 Å². The van der Waals surface area contributed by atoms with Crippen LogP contribution in [0.2, 0.25) is 0 Å². The summed E-state index contributed by atoms with van der Waals surface area (Å²) in [5, 5.41) is 0. The maximum absolute atomic E-state index is 12.8. The first kappa shape index (κ1) is 14.7. The van der Waals surface area contributed by atoms with Crippen LogP contribution in [0.1, 0.15) is 19.3 Å². The Bertz CT molecular complexity index is 569. The monoisotopic (exact) mass is 304 g/mol. The second-order valence-electron chi connectivity index (χ2n) is 5.54. The second-order valence-corrected chi connectivity index (χ2v) is 5.54. The molecule has 0 bridgehead atoms. The molecule has 1 unspecified atom stereocenters. The van der Waals surface area contributed by atoms with E-state index in [4.69, 9.17) is 9.47 Å². The van der Waals surface area contributed by atoms with Crippen molar-refractivity contribution in [1.82, 2.24) is 4.90 Å². The van der Waals surface area contributed by atoms with Gasteiger partial charge in [-0.15, -0.1) is 0 Å². The van der Waals surface area contributed by atoms with Crippen LogP contribution >= 0.6 is 0 Å². The summed E-state index contributed by atoms with van der Waals surface area (Å²) in [6.07, 6.45) is 2.43. The van der Waals surface area contributed by atoms with Crippen molar-refractivity contribution in [3.8, 4) is 5.75 Å². The number of hydrogen-bond acceptors (Lipinski definition) is 4. The van der Waals surface area contributed by atoms with Gasteiger partial charge in [0, 0.05) is 13.1 Å². The number of hydrogen-bond donors (Lipinski definition) is 0. The second kappa shape index (κ2) is 6.25. The van der Waals surface area contributed by atoms with Crippen molar-refractivity contribution >= 4 is 17.7 Å². The number of piperidine rings is 1. The largest absolute Gasteiger partial charge is 0.475 e. The smallest absolute Gasteiger partial charge is 0.348 e. The van der Waals surface area contributed by atoms with Crippen LogP contribution in [0.3, 0.4) is 0 Å². The number of carbonyl (C=O) groups excluding carboxylic acids is 2. The third kappa shape index (κ3) is 2.73. The van der Waals surface area contributed by atoms with Gasteiger partial charge in [-0.25, -0.2) is 9.59 Å². The molecule has 118 valence electrons. The summed E-state index contributed by atoms with van der Waals surface area (Å²) in [5.41, 5.74) is 0.707. The lowest BCUT2D eigenvalue weighted by molar-refractivity contribution is -0.148. The van der Waals surface area contributed by atoms with Gasteiger partial charge in [-0.2, -0.15) is 0 Å². The molecule has 3 rings (SSSR count). The molecule has 0 aromatic heterocycles. The van der Waals surface area contributed by atoms with Gasteiger partial charge < -0.3 is 14.4 Å². The molecule has 22 heavy (non-hydrogen) atoms. The van der Waals surface area contributed by atoms with E-state index in [1.54, 1.807) is 11.0 Å². The summed E-state index contributed by atoms with van der Waals surface area (Å²) in [5.74, 6) is 0.0699. The number of rotatable bonds is 1. The van der Waals surface area contributed by atoms with Gasteiger partial charge in [-0.05, 0) is 31.4 Å². The van der Waals surface area contributed by atoms with Crippen LogP contribution in [-0.4, -0.2) is 49.7 Å². The standard InChI is InChI=1S/C16H20N2O4/c1-21-15(19)14-11-18(12-7-3-4-8-13(12)22-14)16(20)17-9-5-2-6-10-17/h3-4,7-8,14H,2,5-6,9-11H2,1H3. The topological polar surface area (TPSA) is 59.1 Å². The normalized spacial score (nSPS) is 20.9. The Morgan fingerprint density at radius 3 is 2.64 bits per heavy atom. The van der Waals surface area contributed by atoms with Crippen LogP contribution in [0.4, 0.5) is 10.5 Å². The summed E-state index contributed by atoms with van der Waals surface area (Å²) in [6, 6.07) is 7.22. The Labute approximate surface area is 129 Å². The van der Waals surface area contributed by atoms with Gasteiger partial charge in [0.2, 0.25) is 6.10 Å². The Morgan fingerprint density at radius 2 is 1.91 bits per heavy atom. The lowest BCUT2D eigenvalue weighted by atomic mass is 10.1. The van der Waals surface area contributed by atoms with Crippen LogP contribution in [0, 0.1) is 0 Å². The number of benzene rings is 1. The molecule has 2 amide bonds. The van der Waals surface area contributed by atoms with Crippen molar-refractivity contribution in [3.63, 3.8) is 0 Å². The molecule has 6 heteroatoms. The third-order valence-corrected chi connectivity index (χ3v) is 4.10. The van der Waals surface area contributed by atoms with E-state index in [9.17, 15) is 9.59 Å². The van der Waals surface area contributed by atoms with Gasteiger partial charge in [0.15, 0.2) is 0 Å². The number of urea groups is 1. The zero-order chi connectivity index (χ0) is 15.5. The molecule has 2 heterocycles. The van der Waals surface area contributed by atoms with Crippen molar-refractivity contribution < 1.29 is 19.1 Å². The Hall–Kier alpha value is -2.24. The summed E-state index contributed by atoms with van der Waals surface area (Å²) in [6.45, 7) is 1.71. The average Bonchev–Trinajstić information content (AvgIpc) is 2.60. The van der Waals surface area contributed by atoms with Gasteiger partial charge >= 0.3 is 12.0 Å². The Morgan fingerprint density at radius 1 is 1.18 bits per heavy atom. The molecule has 0 saturated carbocycles. The van der Waals surface area contributed by atoms with E-state index < -0.39 is 12.1 Å². The molecule has 1 fully saturated rings. The van der Waals surface area contributed by atoms with E-state index >= 15 is 0 Å². The van der Waals surface area contributed by atoms with E-state index in [2.05, 4.69) is 0 Å². The van der Waals surface area contributed by atoms with Crippen LogP contribution in [0.15, 0.2) is 24.3 Å². The molecule has 2 aliphatic rings. The number of ether oxygens (including phenoxy) is 2. The molecule has 0 aliphatic carbocycles. The molecular weight excluding hydrogens is 284 g/mol.